The number of hydrogen-bond acceptors (Lipinski definition) is 4. The molecule has 156 valence electrons. The van der Waals surface area contributed by atoms with Gasteiger partial charge in [0, 0.05) is 21.8 Å². The minimum Gasteiger partial charge on any atom is -0.323 e. The van der Waals surface area contributed by atoms with Gasteiger partial charge >= 0.3 is 0 Å². The van der Waals surface area contributed by atoms with Crippen molar-refractivity contribution in [1.29, 1.82) is 0 Å². The highest BCUT2D eigenvalue weighted by atomic mass is 79.9. The first-order valence-electron chi connectivity index (χ1n) is 9.16. The Labute approximate surface area is 189 Å². The SMILES string of the molecule is O=C(CSc1nnc(-c2ccccc2Br)n1-c1ccccc1)Nc1ccc(F)cc1F. The average Bonchev–Trinajstić information content (AvgIpc) is 3.19. The van der Waals surface area contributed by atoms with Crippen LogP contribution in [0.25, 0.3) is 17.1 Å². The van der Waals surface area contributed by atoms with E-state index in [0.717, 1.165) is 27.9 Å². The monoisotopic (exact) mass is 500 g/mol. The second-order valence-electron chi connectivity index (χ2n) is 6.42. The first-order valence-corrected chi connectivity index (χ1v) is 10.9. The second kappa shape index (κ2) is 9.40. The van der Waals surface area contributed by atoms with Crippen molar-refractivity contribution in [2.45, 2.75) is 5.16 Å². The maximum Gasteiger partial charge on any atom is 0.234 e. The van der Waals surface area contributed by atoms with Crippen LogP contribution in [0.2, 0.25) is 0 Å². The van der Waals surface area contributed by atoms with Gasteiger partial charge in [0.25, 0.3) is 0 Å². The predicted molar refractivity (Wildman–Crippen MR) is 120 cm³/mol. The number of amides is 1. The Kier molecular flexibility index (Phi) is 6.43. The van der Waals surface area contributed by atoms with Crippen molar-refractivity contribution in [1.82, 2.24) is 14.8 Å². The molecule has 0 saturated carbocycles. The van der Waals surface area contributed by atoms with Gasteiger partial charge in [-0.2, -0.15) is 0 Å². The molecule has 0 bridgehead atoms. The van der Waals surface area contributed by atoms with E-state index in [1.54, 1.807) is 0 Å². The summed E-state index contributed by atoms with van der Waals surface area (Å²) < 4.78 is 29.6. The van der Waals surface area contributed by atoms with Gasteiger partial charge in [-0.15, -0.1) is 10.2 Å². The van der Waals surface area contributed by atoms with Crippen LogP contribution >= 0.6 is 27.7 Å². The van der Waals surface area contributed by atoms with Crippen LogP contribution in [0.4, 0.5) is 14.5 Å². The molecule has 1 amide bonds. The van der Waals surface area contributed by atoms with E-state index in [1.807, 2.05) is 59.2 Å². The lowest BCUT2D eigenvalue weighted by Crippen LogP contribution is -2.15. The van der Waals surface area contributed by atoms with Crippen molar-refractivity contribution in [3.63, 3.8) is 0 Å². The molecule has 0 aliphatic carbocycles. The number of carbonyl (C=O) groups excluding carboxylic acids is 1. The van der Waals surface area contributed by atoms with Gasteiger partial charge in [-0.3, -0.25) is 9.36 Å². The first-order chi connectivity index (χ1) is 15.0. The predicted octanol–water partition coefficient (Wildman–Crippen LogP) is 5.71. The highest BCUT2D eigenvalue weighted by molar-refractivity contribution is 9.10. The molecule has 9 heteroatoms. The van der Waals surface area contributed by atoms with E-state index >= 15 is 0 Å². The highest BCUT2D eigenvalue weighted by Crippen LogP contribution is 2.32. The molecular formula is C22H15BrF2N4OS. The third-order valence-electron chi connectivity index (χ3n) is 4.30. The molecule has 31 heavy (non-hydrogen) atoms. The Morgan fingerprint density at radius 2 is 1.74 bits per heavy atom. The van der Waals surface area contributed by atoms with Gasteiger partial charge in [0.15, 0.2) is 11.0 Å². The summed E-state index contributed by atoms with van der Waals surface area (Å²) in [5.41, 5.74) is 1.61. The van der Waals surface area contributed by atoms with Gasteiger partial charge < -0.3 is 5.32 Å². The van der Waals surface area contributed by atoms with Gasteiger partial charge in [0.2, 0.25) is 5.91 Å². The van der Waals surface area contributed by atoms with Crippen molar-refractivity contribution in [3.05, 3.63) is 88.9 Å². The van der Waals surface area contributed by atoms with E-state index < -0.39 is 17.5 Å². The minimum absolute atomic E-state index is 0.0300. The largest absolute Gasteiger partial charge is 0.323 e. The van der Waals surface area contributed by atoms with Crippen LogP contribution in [-0.4, -0.2) is 26.4 Å². The number of aromatic nitrogens is 3. The summed E-state index contributed by atoms with van der Waals surface area (Å²) in [5, 5.41) is 11.6. The van der Waals surface area contributed by atoms with E-state index in [2.05, 4.69) is 31.4 Å². The zero-order chi connectivity index (χ0) is 21.8. The molecule has 1 aromatic heterocycles. The first kappa shape index (κ1) is 21.2. The summed E-state index contributed by atoms with van der Waals surface area (Å²) in [4.78, 5) is 12.3. The molecule has 0 unspecified atom stereocenters. The lowest BCUT2D eigenvalue weighted by atomic mass is 10.2. The summed E-state index contributed by atoms with van der Waals surface area (Å²) in [6, 6.07) is 20.2. The molecule has 0 saturated heterocycles. The number of carbonyl (C=O) groups is 1. The Balaban J connectivity index is 1.60. The van der Waals surface area contributed by atoms with Gasteiger partial charge in [0.05, 0.1) is 11.4 Å². The molecule has 1 heterocycles. The van der Waals surface area contributed by atoms with Crippen molar-refractivity contribution >= 4 is 39.3 Å². The number of nitrogens with zero attached hydrogens (tertiary/aromatic N) is 3. The summed E-state index contributed by atoms with van der Waals surface area (Å²) in [7, 11) is 0. The standard InChI is InChI=1S/C22H15BrF2N4OS/c23-17-9-5-4-8-16(17)21-27-28-22(29(21)15-6-2-1-3-7-15)31-13-20(30)26-19-11-10-14(24)12-18(19)25/h1-12H,13H2,(H,26,30). The normalized spacial score (nSPS) is 10.8. The summed E-state index contributed by atoms with van der Waals surface area (Å²) in [5.74, 6) is -1.40. The van der Waals surface area contributed by atoms with Crippen LogP contribution in [0.1, 0.15) is 0 Å². The maximum absolute atomic E-state index is 13.8. The Morgan fingerprint density at radius 1 is 1.00 bits per heavy atom. The van der Waals surface area contributed by atoms with Crippen molar-refractivity contribution in [2.75, 3.05) is 11.1 Å². The number of hydrogen-bond donors (Lipinski definition) is 1. The lowest BCUT2D eigenvalue weighted by Gasteiger charge is -2.11. The number of rotatable bonds is 6. The lowest BCUT2D eigenvalue weighted by molar-refractivity contribution is -0.113. The molecule has 0 fully saturated rings. The van der Waals surface area contributed by atoms with Crippen LogP contribution in [0.3, 0.4) is 0 Å². The molecule has 5 nitrogen and oxygen atoms in total. The fourth-order valence-electron chi connectivity index (χ4n) is 2.90. The van der Waals surface area contributed by atoms with Crippen LogP contribution < -0.4 is 5.32 Å². The Morgan fingerprint density at radius 3 is 2.48 bits per heavy atom. The Bertz CT molecular complexity index is 1230. The molecule has 1 N–H and O–H groups in total. The van der Waals surface area contributed by atoms with E-state index in [-0.39, 0.29) is 11.4 Å². The molecular weight excluding hydrogens is 486 g/mol. The van der Waals surface area contributed by atoms with Crippen molar-refractivity contribution < 1.29 is 13.6 Å². The number of anilines is 1. The highest BCUT2D eigenvalue weighted by Gasteiger charge is 2.19. The van der Waals surface area contributed by atoms with E-state index in [4.69, 9.17) is 0 Å². The number of benzene rings is 3. The fourth-order valence-corrected chi connectivity index (χ4v) is 4.11. The molecule has 0 radical (unpaired) electrons. The van der Waals surface area contributed by atoms with Gasteiger partial charge in [-0.1, -0.05) is 64.1 Å². The third kappa shape index (κ3) is 4.83. The van der Waals surface area contributed by atoms with Crippen LogP contribution in [0.15, 0.2) is 82.4 Å². The fraction of sp³-hybridized carbons (Fsp3) is 0.0455. The molecule has 3 aromatic carbocycles. The molecule has 0 atom stereocenters. The van der Waals surface area contributed by atoms with Gasteiger partial charge in [-0.05, 0) is 30.3 Å². The molecule has 0 spiro atoms. The topological polar surface area (TPSA) is 59.8 Å². The van der Waals surface area contributed by atoms with Crippen LogP contribution in [0, 0.1) is 11.6 Å². The zero-order valence-corrected chi connectivity index (χ0v) is 18.3. The summed E-state index contributed by atoms with van der Waals surface area (Å²) in [6.45, 7) is 0. The molecule has 4 rings (SSSR count). The summed E-state index contributed by atoms with van der Waals surface area (Å²) >= 11 is 4.71. The maximum atomic E-state index is 13.8. The van der Waals surface area contributed by atoms with Gasteiger partial charge in [0.1, 0.15) is 11.6 Å². The van der Waals surface area contributed by atoms with Crippen LogP contribution in [0.5, 0.6) is 0 Å². The van der Waals surface area contributed by atoms with Crippen LogP contribution in [-0.2, 0) is 4.79 Å². The van der Waals surface area contributed by atoms with E-state index in [1.165, 1.54) is 17.8 Å². The molecule has 0 aliphatic heterocycles. The number of nitrogens with one attached hydrogen (secondary N) is 1. The number of halogens is 3. The minimum atomic E-state index is -0.831. The zero-order valence-electron chi connectivity index (χ0n) is 15.9. The number of para-hydroxylation sites is 1. The molecule has 4 aromatic rings. The second-order valence-corrected chi connectivity index (χ2v) is 8.21. The van der Waals surface area contributed by atoms with E-state index in [9.17, 15) is 13.6 Å². The average molecular weight is 501 g/mol. The Hall–Kier alpha value is -3.04. The summed E-state index contributed by atoms with van der Waals surface area (Å²) in [6.07, 6.45) is 0. The van der Waals surface area contributed by atoms with E-state index in [0.29, 0.717) is 11.0 Å². The number of thioether (sulfide) groups is 1. The third-order valence-corrected chi connectivity index (χ3v) is 5.92. The quantitative estimate of drug-likeness (QED) is 0.344. The van der Waals surface area contributed by atoms with Gasteiger partial charge in [-0.25, -0.2) is 8.78 Å². The van der Waals surface area contributed by atoms with Crippen molar-refractivity contribution in [3.8, 4) is 17.1 Å². The van der Waals surface area contributed by atoms with Crippen molar-refractivity contribution in [2.24, 2.45) is 0 Å². The molecule has 0 aliphatic rings. The smallest absolute Gasteiger partial charge is 0.234 e.